The van der Waals surface area contributed by atoms with Gasteiger partial charge in [0.05, 0.1) is 0 Å². The fourth-order valence-corrected chi connectivity index (χ4v) is 1.01. The van der Waals surface area contributed by atoms with Crippen LogP contribution in [0.2, 0.25) is 0 Å². The molecule has 0 heterocycles. The normalized spacial score (nSPS) is 11.4. The molecule has 0 unspecified atom stereocenters. The first-order chi connectivity index (χ1) is 3.35. The lowest BCUT2D eigenvalue weighted by molar-refractivity contribution is 0.946. The van der Waals surface area contributed by atoms with E-state index in [0.29, 0.717) is 0 Å². The van der Waals surface area contributed by atoms with Gasteiger partial charge < -0.3 is 11.2 Å². The van der Waals surface area contributed by atoms with Crippen molar-refractivity contribution >= 4 is 30.1 Å². The molecule has 0 aromatic carbocycles. The molecule has 0 fully saturated rings. The van der Waals surface area contributed by atoms with Gasteiger partial charge in [-0.05, 0) is 8.93 Å². The average Bonchev–Trinajstić information content (AvgIpc) is 1.72. The van der Waals surface area contributed by atoms with Gasteiger partial charge in [0.15, 0.2) is 0 Å². The van der Waals surface area contributed by atoms with Crippen LogP contribution in [-0.4, -0.2) is 0 Å². The Morgan fingerprint density at radius 2 is 2.43 bits per heavy atom. The summed E-state index contributed by atoms with van der Waals surface area (Å²) in [7, 11) is 1.44. The first-order valence-corrected chi connectivity index (χ1v) is 4.88. The van der Waals surface area contributed by atoms with Crippen molar-refractivity contribution in [3.8, 4) is 0 Å². The van der Waals surface area contributed by atoms with Gasteiger partial charge in [-0.2, -0.15) is 0 Å². The molecule has 0 amide bonds. The van der Waals surface area contributed by atoms with Gasteiger partial charge in [-0.15, -0.1) is 0 Å². The van der Waals surface area contributed by atoms with Crippen LogP contribution in [0.1, 0.15) is 0 Å². The Kier molecular flexibility index (Phi) is 4.78. The highest BCUT2D eigenvalue weighted by atomic mass is 127. The standard InChI is InChI=1S/C2H6IN3S/c3-7-2(1-4)6-5/h1,6H,4-5H2/b2-1+. The number of rotatable bonds is 2. The molecule has 5 heteroatoms. The van der Waals surface area contributed by atoms with E-state index >= 15 is 0 Å². The van der Waals surface area contributed by atoms with E-state index in [-0.39, 0.29) is 0 Å². The maximum absolute atomic E-state index is 5.06. The Labute approximate surface area is 58.4 Å². The largest absolute Gasteiger partial charge is 0.402 e. The molecule has 3 nitrogen and oxygen atoms in total. The number of hydrogen-bond donors (Lipinski definition) is 3. The molecule has 0 radical (unpaired) electrons. The van der Waals surface area contributed by atoms with Crippen LogP contribution in [0, 0.1) is 0 Å². The lowest BCUT2D eigenvalue weighted by atomic mass is 10.9. The third-order valence-corrected chi connectivity index (χ3v) is 2.22. The molecule has 0 aromatic heterocycles. The Bertz CT molecular complexity index is 67.3. The van der Waals surface area contributed by atoms with Crippen LogP contribution >= 0.6 is 30.1 Å². The lowest BCUT2D eigenvalue weighted by Crippen LogP contribution is -2.19. The van der Waals surface area contributed by atoms with Crippen molar-refractivity contribution in [2.45, 2.75) is 0 Å². The van der Waals surface area contributed by atoms with E-state index in [0.717, 1.165) is 5.03 Å². The van der Waals surface area contributed by atoms with Gasteiger partial charge in [-0.25, -0.2) is 5.84 Å². The summed E-state index contributed by atoms with van der Waals surface area (Å²) in [5.41, 5.74) is 7.46. The molecule has 0 saturated heterocycles. The predicted octanol–water partition coefficient (Wildman–Crippen LogP) is 0.291. The van der Waals surface area contributed by atoms with Gasteiger partial charge in [-0.1, -0.05) is 0 Å². The second-order valence-electron chi connectivity index (χ2n) is 0.752. The monoisotopic (exact) mass is 231 g/mol. The average molecular weight is 231 g/mol. The molecule has 0 aromatic rings. The summed E-state index contributed by atoms with van der Waals surface area (Å²) >= 11 is 2.08. The van der Waals surface area contributed by atoms with Crippen LogP contribution in [0.25, 0.3) is 0 Å². The molecule has 42 valence electrons. The van der Waals surface area contributed by atoms with Gasteiger partial charge in [0, 0.05) is 27.4 Å². The van der Waals surface area contributed by atoms with E-state index in [1.54, 1.807) is 0 Å². The van der Waals surface area contributed by atoms with Crippen molar-refractivity contribution in [3.63, 3.8) is 0 Å². The Morgan fingerprint density at radius 1 is 1.86 bits per heavy atom. The third kappa shape index (κ3) is 3.01. The summed E-state index contributed by atoms with van der Waals surface area (Å²) in [5, 5.41) is 0.764. The van der Waals surface area contributed by atoms with E-state index in [2.05, 4.69) is 26.6 Å². The topological polar surface area (TPSA) is 64.1 Å². The SMILES string of the molecule is N/C=C(\NN)SI. The summed E-state index contributed by atoms with van der Waals surface area (Å²) in [6, 6.07) is 0. The van der Waals surface area contributed by atoms with Gasteiger partial charge in [-0.3, -0.25) is 0 Å². The van der Waals surface area contributed by atoms with Gasteiger partial charge in [0.2, 0.25) is 0 Å². The number of nitrogens with two attached hydrogens (primary N) is 2. The predicted molar refractivity (Wildman–Crippen MR) is 41.2 cm³/mol. The molecule has 5 N–H and O–H groups in total. The molecular formula is C2H6IN3S. The van der Waals surface area contributed by atoms with Crippen LogP contribution in [0.4, 0.5) is 0 Å². The van der Waals surface area contributed by atoms with E-state index in [1.807, 2.05) is 0 Å². The molecule has 0 aliphatic rings. The fraction of sp³-hybridized carbons (Fsp3) is 0. The minimum atomic E-state index is 0.764. The summed E-state index contributed by atoms with van der Waals surface area (Å²) in [6.45, 7) is 0. The van der Waals surface area contributed by atoms with Gasteiger partial charge in [0.25, 0.3) is 0 Å². The van der Waals surface area contributed by atoms with Gasteiger partial charge >= 0.3 is 0 Å². The number of hydrazine groups is 1. The maximum atomic E-state index is 5.06. The van der Waals surface area contributed by atoms with Crippen LogP contribution < -0.4 is 17.0 Å². The van der Waals surface area contributed by atoms with Crippen LogP contribution in [0.3, 0.4) is 0 Å². The van der Waals surface area contributed by atoms with Crippen molar-refractivity contribution < 1.29 is 0 Å². The van der Waals surface area contributed by atoms with Crippen molar-refractivity contribution in [1.29, 1.82) is 0 Å². The Balaban J connectivity index is 3.38. The highest BCUT2D eigenvalue weighted by molar-refractivity contribution is 14.2. The molecule has 0 aliphatic carbocycles. The zero-order chi connectivity index (χ0) is 5.70. The fourth-order valence-electron chi connectivity index (χ4n) is 0.0961. The van der Waals surface area contributed by atoms with Crippen molar-refractivity contribution in [3.05, 3.63) is 11.2 Å². The summed E-state index contributed by atoms with van der Waals surface area (Å²) in [5.74, 6) is 4.97. The number of halogens is 1. The second-order valence-corrected chi connectivity index (χ2v) is 2.67. The Morgan fingerprint density at radius 3 is 2.43 bits per heavy atom. The molecule has 0 bridgehead atoms. The van der Waals surface area contributed by atoms with Crippen LogP contribution in [0.5, 0.6) is 0 Å². The zero-order valence-corrected chi connectivity index (χ0v) is 6.49. The van der Waals surface area contributed by atoms with Crippen LogP contribution in [0.15, 0.2) is 11.2 Å². The highest BCUT2D eigenvalue weighted by Crippen LogP contribution is 2.18. The summed E-state index contributed by atoms with van der Waals surface area (Å²) in [4.78, 5) is 0. The van der Waals surface area contributed by atoms with Gasteiger partial charge in [0.1, 0.15) is 5.03 Å². The molecule has 0 rings (SSSR count). The quantitative estimate of drug-likeness (QED) is 0.363. The van der Waals surface area contributed by atoms with Crippen molar-refractivity contribution in [2.24, 2.45) is 11.6 Å². The highest BCUT2D eigenvalue weighted by Gasteiger charge is 1.84. The zero-order valence-electron chi connectivity index (χ0n) is 3.52. The first-order valence-electron chi connectivity index (χ1n) is 1.52. The summed E-state index contributed by atoms with van der Waals surface area (Å²) < 4.78 is 0. The van der Waals surface area contributed by atoms with E-state index in [4.69, 9.17) is 11.6 Å². The first kappa shape index (κ1) is 7.38. The van der Waals surface area contributed by atoms with Crippen molar-refractivity contribution in [1.82, 2.24) is 5.43 Å². The molecular weight excluding hydrogens is 225 g/mol. The maximum Gasteiger partial charge on any atom is 0.108 e. The number of nitrogens with one attached hydrogen (secondary N) is 1. The molecule has 0 spiro atoms. The number of hydrogen-bond acceptors (Lipinski definition) is 4. The van der Waals surface area contributed by atoms with Crippen molar-refractivity contribution in [2.75, 3.05) is 0 Å². The third-order valence-electron chi connectivity index (χ3n) is 0.377. The Hall–Kier alpha value is 0.380. The molecule has 0 saturated carbocycles. The molecule has 0 aliphatic heterocycles. The van der Waals surface area contributed by atoms with Crippen LogP contribution in [-0.2, 0) is 0 Å². The lowest BCUT2D eigenvalue weighted by Gasteiger charge is -1.94. The molecule has 7 heavy (non-hydrogen) atoms. The second kappa shape index (κ2) is 4.54. The smallest absolute Gasteiger partial charge is 0.108 e. The minimum Gasteiger partial charge on any atom is -0.402 e. The van der Waals surface area contributed by atoms with E-state index in [1.165, 1.54) is 15.1 Å². The summed E-state index contributed by atoms with van der Waals surface area (Å²) in [6.07, 6.45) is 1.41. The molecule has 0 atom stereocenters. The minimum absolute atomic E-state index is 0.764. The van der Waals surface area contributed by atoms with E-state index in [9.17, 15) is 0 Å². The van der Waals surface area contributed by atoms with E-state index < -0.39 is 0 Å².